The van der Waals surface area contributed by atoms with Gasteiger partial charge in [0.15, 0.2) is 0 Å². The predicted molar refractivity (Wildman–Crippen MR) is 75.2 cm³/mol. The van der Waals surface area contributed by atoms with Crippen molar-refractivity contribution in [3.63, 3.8) is 0 Å². The second-order valence-corrected chi connectivity index (χ2v) is 4.98. The molecule has 0 aliphatic heterocycles. The molecule has 0 aromatic carbocycles. The summed E-state index contributed by atoms with van der Waals surface area (Å²) in [6, 6.07) is 1.75. The lowest BCUT2D eigenvalue weighted by Gasteiger charge is -2.15. The number of carbonyl (C=O) groups excluding carboxylic acids is 2. The van der Waals surface area contributed by atoms with Gasteiger partial charge in [-0.05, 0) is 24.3 Å². The third kappa shape index (κ3) is 5.85. The van der Waals surface area contributed by atoms with E-state index < -0.39 is 0 Å². The number of carbonyl (C=O) groups is 2. The number of aliphatic hydroxyl groups excluding tert-OH is 1. The highest BCUT2D eigenvalue weighted by atomic mass is 32.1. The summed E-state index contributed by atoms with van der Waals surface area (Å²) in [4.78, 5) is 23.2. The Kier molecular flexibility index (Phi) is 7.14. The van der Waals surface area contributed by atoms with Gasteiger partial charge in [0, 0.05) is 36.6 Å². The molecule has 6 heteroatoms. The Morgan fingerprint density at radius 2 is 2.26 bits per heavy atom. The molecule has 1 aromatic rings. The van der Waals surface area contributed by atoms with Crippen molar-refractivity contribution >= 4 is 23.2 Å². The van der Waals surface area contributed by atoms with Gasteiger partial charge in [-0.15, -0.1) is 0 Å². The molecular formula is C13H20N2O3S. The number of hydrogen-bond donors (Lipinski definition) is 3. The van der Waals surface area contributed by atoms with Gasteiger partial charge in [0.2, 0.25) is 5.91 Å². The first-order valence-electron chi connectivity index (χ1n) is 6.38. The van der Waals surface area contributed by atoms with E-state index >= 15 is 0 Å². The highest BCUT2D eigenvalue weighted by Gasteiger charge is 2.10. The summed E-state index contributed by atoms with van der Waals surface area (Å²) >= 11 is 1.46. The van der Waals surface area contributed by atoms with E-state index in [1.165, 1.54) is 11.3 Å². The van der Waals surface area contributed by atoms with Crippen molar-refractivity contribution < 1.29 is 14.7 Å². The van der Waals surface area contributed by atoms with Gasteiger partial charge in [0.05, 0.1) is 0 Å². The summed E-state index contributed by atoms with van der Waals surface area (Å²) in [6.45, 7) is 2.34. The lowest BCUT2D eigenvalue weighted by atomic mass is 10.1. The molecule has 0 radical (unpaired) electrons. The maximum Gasteiger partial charge on any atom is 0.252 e. The Morgan fingerprint density at radius 3 is 2.84 bits per heavy atom. The van der Waals surface area contributed by atoms with Crippen molar-refractivity contribution in [3.05, 3.63) is 22.4 Å². The van der Waals surface area contributed by atoms with Gasteiger partial charge in [0.1, 0.15) is 0 Å². The van der Waals surface area contributed by atoms with Crippen molar-refractivity contribution in [2.24, 2.45) is 0 Å². The third-order valence-corrected chi connectivity index (χ3v) is 3.44. The molecule has 1 heterocycles. The first-order valence-corrected chi connectivity index (χ1v) is 7.32. The van der Waals surface area contributed by atoms with Gasteiger partial charge in [-0.3, -0.25) is 9.59 Å². The fourth-order valence-electron chi connectivity index (χ4n) is 1.62. The molecule has 0 aliphatic rings. The van der Waals surface area contributed by atoms with Gasteiger partial charge in [0.25, 0.3) is 5.91 Å². The van der Waals surface area contributed by atoms with E-state index in [2.05, 4.69) is 10.6 Å². The van der Waals surface area contributed by atoms with Crippen LogP contribution in [0.1, 0.15) is 36.5 Å². The van der Waals surface area contributed by atoms with Crippen LogP contribution in [-0.4, -0.2) is 36.1 Å². The summed E-state index contributed by atoms with van der Waals surface area (Å²) < 4.78 is 0. The maximum absolute atomic E-state index is 11.6. The van der Waals surface area contributed by atoms with Crippen molar-refractivity contribution in [1.29, 1.82) is 0 Å². The van der Waals surface area contributed by atoms with Crippen LogP contribution in [-0.2, 0) is 4.79 Å². The predicted octanol–water partition coefficient (Wildman–Crippen LogP) is 1.15. The van der Waals surface area contributed by atoms with Crippen LogP contribution in [0.3, 0.4) is 0 Å². The van der Waals surface area contributed by atoms with Gasteiger partial charge in [-0.25, -0.2) is 0 Å². The van der Waals surface area contributed by atoms with E-state index in [0.717, 1.165) is 6.42 Å². The van der Waals surface area contributed by atoms with Crippen LogP contribution in [0, 0.1) is 0 Å². The second kappa shape index (κ2) is 8.66. The number of nitrogens with one attached hydrogen (secondary N) is 2. The zero-order valence-corrected chi connectivity index (χ0v) is 11.8. The van der Waals surface area contributed by atoms with E-state index in [1.54, 1.807) is 11.4 Å². The summed E-state index contributed by atoms with van der Waals surface area (Å²) in [5.41, 5.74) is 0.622. The number of thiophene rings is 1. The van der Waals surface area contributed by atoms with E-state index in [4.69, 9.17) is 5.11 Å². The molecule has 0 fully saturated rings. The van der Waals surface area contributed by atoms with Crippen molar-refractivity contribution in [3.8, 4) is 0 Å². The number of hydrogen-bond acceptors (Lipinski definition) is 4. The fourth-order valence-corrected chi connectivity index (χ4v) is 2.26. The second-order valence-electron chi connectivity index (χ2n) is 4.20. The van der Waals surface area contributed by atoms with Crippen LogP contribution in [0.25, 0.3) is 0 Å². The quantitative estimate of drug-likeness (QED) is 0.670. The van der Waals surface area contributed by atoms with E-state index in [0.29, 0.717) is 18.5 Å². The van der Waals surface area contributed by atoms with Crippen LogP contribution in [0.4, 0.5) is 0 Å². The van der Waals surface area contributed by atoms with Crippen molar-refractivity contribution in [2.45, 2.75) is 32.2 Å². The number of amides is 2. The van der Waals surface area contributed by atoms with Gasteiger partial charge in [-0.1, -0.05) is 6.92 Å². The molecule has 0 spiro atoms. The molecule has 3 N–H and O–H groups in total. The largest absolute Gasteiger partial charge is 0.396 e. The molecular weight excluding hydrogens is 264 g/mol. The summed E-state index contributed by atoms with van der Waals surface area (Å²) in [6.07, 6.45) is 1.59. The Hall–Kier alpha value is -1.40. The first-order chi connectivity index (χ1) is 9.17. The van der Waals surface area contributed by atoms with Crippen LogP contribution in [0.5, 0.6) is 0 Å². The minimum absolute atomic E-state index is 0.00470. The van der Waals surface area contributed by atoms with E-state index in [9.17, 15) is 9.59 Å². The zero-order chi connectivity index (χ0) is 14.1. The third-order valence-electron chi connectivity index (χ3n) is 2.76. The average Bonchev–Trinajstić information content (AvgIpc) is 2.92. The van der Waals surface area contributed by atoms with Crippen molar-refractivity contribution in [2.75, 3.05) is 13.2 Å². The Labute approximate surface area is 117 Å². The van der Waals surface area contributed by atoms with Gasteiger partial charge in [-0.2, -0.15) is 11.3 Å². The monoisotopic (exact) mass is 284 g/mol. The molecule has 5 nitrogen and oxygen atoms in total. The molecule has 1 unspecified atom stereocenters. The maximum atomic E-state index is 11.6. The highest BCUT2D eigenvalue weighted by Crippen LogP contribution is 2.05. The van der Waals surface area contributed by atoms with Crippen LogP contribution >= 0.6 is 11.3 Å². The van der Waals surface area contributed by atoms with Crippen LogP contribution in [0.15, 0.2) is 16.8 Å². The Morgan fingerprint density at radius 1 is 1.47 bits per heavy atom. The molecule has 1 atom stereocenters. The molecule has 0 aliphatic carbocycles. The lowest BCUT2D eigenvalue weighted by molar-refractivity contribution is -0.121. The number of rotatable bonds is 8. The standard InChI is InChI=1S/C13H20N2O3S/c1-2-11(4-7-16)15-12(17)3-6-14-13(18)10-5-8-19-9-10/h5,8-9,11,16H,2-4,6-7H2,1H3,(H,14,18)(H,15,17). The minimum atomic E-state index is -0.156. The summed E-state index contributed by atoms with van der Waals surface area (Å²) in [7, 11) is 0. The highest BCUT2D eigenvalue weighted by molar-refractivity contribution is 7.08. The topological polar surface area (TPSA) is 78.4 Å². The lowest BCUT2D eigenvalue weighted by Crippen LogP contribution is -2.37. The van der Waals surface area contributed by atoms with E-state index in [-0.39, 0.29) is 30.9 Å². The summed E-state index contributed by atoms with van der Waals surface area (Å²) in [5, 5.41) is 18.0. The van der Waals surface area contributed by atoms with Gasteiger partial charge >= 0.3 is 0 Å². The molecule has 1 aromatic heterocycles. The molecule has 0 saturated carbocycles. The van der Waals surface area contributed by atoms with Crippen LogP contribution in [0.2, 0.25) is 0 Å². The molecule has 19 heavy (non-hydrogen) atoms. The van der Waals surface area contributed by atoms with Crippen molar-refractivity contribution in [1.82, 2.24) is 10.6 Å². The SMILES string of the molecule is CCC(CCO)NC(=O)CCNC(=O)c1ccsc1. The van der Waals surface area contributed by atoms with E-state index in [1.807, 2.05) is 12.3 Å². The molecule has 1 rings (SSSR count). The summed E-state index contributed by atoms with van der Waals surface area (Å²) in [5.74, 6) is -0.262. The molecule has 2 amide bonds. The number of aliphatic hydroxyl groups is 1. The average molecular weight is 284 g/mol. The smallest absolute Gasteiger partial charge is 0.252 e. The zero-order valence-electron chi connectivity index (χ0n) is 11.0. The Bertz CT molecular complexity index is 393. The minimum Gasteiger partial charge on any atom is -0.396 e. The van der Waals surface area contributed by atoms with Gasteiger partial charge < -0.3 is 15.7 Å². The molecule has 0 saturated heterocycles. The normalized spacial score (nSPS) is 11.9. The molecule has 106 valence electrons. The molecule has 0 bridgehead atoms. The fraction of sp³-hybridized carbons (Fsp3) is 0.538. The van der Waals surface area contributed by atoms with Crippen LogP contribution < -0.4 is 10.6 Å². The Balaban J connectivity index is 2.21. The first kappa shape index (κ1) is 15.7.